The summed E-state index contributed by atoms with van der Waals surface area (Å²) in [7, 11) is 1.68. The first-order valence-electron chi connectivity index (χ1n) is 5.59. The Kier molecular flexibility index (Phi) is 3.13. The monoisotopic (exact) mass is 219 g/mol. The Balaban J connectivity index is 1.92. The van der Waals surface area contributed by atoms with Crippen molar-refractivity contribution in [2.75, 3.05) is 13.7 Å². The predicted molar refractivity (Wildman–Crippen MR) is 62.5 cm³/mol. The highest BCUT2D eigenvalue weighted by Gasteiger charge is 2.38. The molecule has 2 rings (SSSR count). The van der Waals surface area contributed by atoms with Gasteiger partial charge in [-0.15, -0.1) is 0 Å². The standard InChI is InChI=1S/C13H17NO2/c1-9(15)14-8-11-7-13(11)10-4-3-5-12(6-10)16-2/h3-6,11,13H,7-8H2,1-2H3,(H,14,15)/t11-,13+/m0/s1. The van der Waals surface area contributed by atoms with Crippen molar-refractivity contribution < 1.29 is 9.53 Å². The molecule has 3 heteroatoms. The van der Waals surface area contributed by atoms with Crippen molar-refractivity contribution in [3.63, 3.8) is 0 Å². The minimum atomic E-state index is 0.0521. The Labute approximate surface area is 95.8 Å². The average molecular weight is 219 g/mol. The topological polar surface area (TPSA) is 38.3 Å². The van der Waals surface area contributed by atoms with Gasteiger partial charge < -0.3 is 10.1 Å². The predicted octanol–water partition coefficient (Wildman–Crippen LogP) is 1.93. The van der Waals surface area contributed by atoms with Crippen LogP contribution < -0.4 is 10.1 Å². The maximum absolute atomic E-state index is 10.8. The number of nitrogens with one attached hydrogen (secondary N) is 1. The van der Waals surface area contributed by atoms with Crippen molar-refractivity contribution in [2.45, 2.75) is 19.3 Å². The Morgan fingerprint density at radius 2 is 2.38 bits per heavy atom. The van der Waals surface area contributed by atoms with Crippen LogP contribution in [0.2, 0.25) is 0 Å². The molecule has 0 radical (unpaired) electrons. The molecule has 1 aliphatic carbocycles. The van der Waals surface area contributed by atoms with E-state index < -0.39 is 0 Å². The van der Waals surface area contributed by atoms with Crippen molar-refractivity contribution in [1.82, 2.24) is 5.32 Å². The molecule has 1 aromatic rings. The number of methoxy groups -OCH3 is 1. The van der Waals surface area contributed by atoms with E-state index in [1.54, 1.807) is 14.0 Å². The Morgan fingerprint density at radius 3 is 3.06 bits per heavy atom. The molecule has 86 valence electrons. The molecule has 0 heterocycles. The van der Waals surface area contributed by atoms with E-state index in [9.17, 15) is 4.79 Å². The van der Waals surface area contributed by atoms with Gasteiger partial charge in [0.25, 0.3) is 0 Å². The van der Waals surface area contributed by atoms with E-state index >= 15 is 0 Å². The highest BCUT2D eigenvalue weighted by molar-refractivity contribution is 5.72. The molecule has 1 saturated carbocycles. The molecule has 1 amide bonds. The van der Waals surface area contributed by atoms with Gasteiger partial charge in [0.05, 0.1) is 7.11 Å². The summed E-state index contributed by atoms with van der Waals surface area (Å²) in [5.41, 5.74) is 1.31. The van der Waals surface area contributed by atoms with Crippen LogP contribution >= 0.6 is 0 Å². The molecule has 0 spiro atoms. The largest absolute Gasteiger partial charge is 0.497 e. The number of hydrogen-bond donors (Lipinski definition) is 1. The number of carbonyl (C=O) groups is 1. The Morgan fingerprint density at radius 1 is 1.56 bits per heavy atom. The zero-order valence-electron chi connectivity index (χ0n) is 9.69. The molecule has 3 nitrogen and oxygen atoms in total. The number of hydrogen-bond acceptors (Lipinski definition) is 2. The third kappa shape index (κ3) is 2.54. The molecule has 0 bridgehead atoms. The summed E-state index contributed by atoms with van der Waals surface area (Å²) in [5.74, 6) is 2.14. The van der Waals surface area contributed by atoms with Gasteiger partial charge in [-0.25, -0.2) is 0 Å². The molecule has 1 N–H and O–H groups in total. The quantitative estimate of drug-likeness (QED) is 0.840. The van der Waals surface area contributed by atoms with Crippen LogP contribution in [0, 0.1) is 5.92 Å². The number of ether oxygens (including phenoxy) is 1. The van der Waals surface area contributed by atoms with E-state index in [0.29, 0.717) is 11.8 Å². The van der Waals surface area contributed by atoms with Crippen LogP contribution in [0.1, 0.15) is 24.8 Å². The molecule has 16 heavy (non-hydrogen) atoms. The molecule has 2 atom stereocenters. The maximum Gasteiger partial charge on any atom is 0.216 e. The van der Waals surface area contributed by atoms with Gasteiger partial charge in [0.2, 0.25) is 5.91 Å². The first-order chi connectivity index (χ1) is 7.70. The number of amides is 1. The fourth-order valence-corrected chi connectivity index (χ4v) is 2.03. The van der Waals surface area contributed by atoms with Gasteiger partial charge in [0, 0.05) is 13.5 Å². The SMILES string of the molecule is COc1cccc([C@H]2C[C@H]2CNC(C)=O)c1. The number of rotatable bonds is 4. The zero-order valence-corrected chi connectivity index (χ0v) is 9.69. The second-order valence-corrected chi connectivity index (χ2v) is 4.32. The lowest BCUT2D eigenvalue weighted by Crippen LogP contribution is -2.22. The summed E-state index contributed by atoms with van der Waals surface area (Å²) in [4.78, 5) is 10.8. The van der Waals surface area contributed by atoms with E-state index in [1.807, 2.05) is 12.1 Å². The Hall–Kier alpha value is -1.51. The lowest BCUT2D eigenvalue weighted by atomic mass is 10.1. The van der Waals surface area contributed by atoms with Gasteiger partial charge >= 0.3 is 0 Å². The zero-order chi connectivity index (χ0) is 11.5. The van der Waals surface area contributed by atoms with Gasteiger partial charge in [0.1, 0.15) is 5.75 Å². The minimum absolute atomic E-state index is 0.0521. The summed E-state index contributed by atoms with van der Waals surface area (Å²) in [6.07, 6.45) is 1.16. The van der Waals surface area contributed by atoms with E-state index in [-0.39, 0.29) is 5.91 Å². The minimum Gasteiger partial charge on any atom is -0.497 e. The van der Waals surface area contributed by atoms with Crippen LogP contribution in [0.4, 0.5) is 0 Å². The fraction of sp³-hybridized carbons (Fsp3) is 0.462. The normalized spacial score (nSPS) is 22.6. The molecular formula is C13H17NO2. The highest BCUT2D eigenvalue weighted by Crippen LogP contribution is 2.47. The second kappa shape index (κ2) is 4.56. The van der Waals surface area contributed by atoms with Crippen LogP contribution in [0.5, 0.6) is 5.75 Å². The highest BCUT2D eigenvalue weighted by atomic mass is 16.5. The van der Waals surface area contributed by atoms with Gasteiger partial charge in [0.15, 0.2) is 0 Å². The van der Waals surface area contributed by atoms with Crippen LogP contribution in [0.25, 0.3) is 0 Å². The van der Waals surface area contributed by atoms with E-state index in [0.717, 1.165) is 18.7 Å². The van der Waals surface area contributed by atoms with Crippen molar-refractivity contribution in [1.29, 1.82) is 0 Å². The first kappa shape index (κ1) is 11.0. The molecule has 0 saturated heterocycles. The summed E-state index contributed by atoms with van der Waals surface area (Å²) in [6, 6.07) is 8.18. The first-order valence-corrected chi connectivity index (χ1v) is 5.59. The third-order valence-electron chi connectivity index (χ3n) is 3.06. The van der Waals surface area contributed by atoms with Gasteiger partial charge in [-0.05, 0) is 36.0 Å². The van der Waals surface area contributed by atoms with E-state index in [1.165, 1.54) is 5.56 Å². The molecule has 1 aromatic carbocycles. The number of carbonyl (C=O) groups excluding carboxylic acids is 1. The van der Waals surface area contributed by atoms with Gasteiger partial charge in [-0.3, -0.25) is 4.79 Å². The maximum atomic E-state index is 10.8. The summed E-state index contributed by atoms with van der Waals surface area (Å²) < 4.78 is 5.20. The van der Waals surface area contributed by atoms with E-state index in [2.05, 4.69) is 17.4 Å². The van der Waals surface area contributed by atoms with Crippen molar-refractivity contribution in [3.05, 3.63) is 29.8 Å². The van der Waals surface area contributed by atoms with Crippen LogP contribution in [-0.4, -0.2) is 19.6 Å². The smallest absolute Gasteiger partial charge is 0.216 e. The summed E-state index contributed by atoms with van der Waals surface area (Å²) in [6.45, 7) is 2.35. The van der Waals surface area contributed by atoms with Crippen molar-refractivity contribution >= 4 is 5.91 Å². The van der Waals surface area contributed by atoms with Crippen molar-refractivity contribution in [2.24, 2.45) is 5.92 Å². The summed E-state index contributed by atoms with van der Waals surface area (Å²) in [5, 5.41) is 2.87. The molecule has 0 unspecified atom stereocenters. The molecular weight excluding hydrogens is 202 g/mol. The van der Waals surface area contributed by atoms with E-state index in [4.69, 9.17) is 4.74 Å². The van der Waals surface area contributed by atoms with Crippen LogP contribution in [0.15, 0.2) is 24.3 Å². The van der Waals surface area contributed by atoms with Crippen LogP contribution in [0.3, 0.4) is 0 Å². The summed E-state index contributed by atoms with van der Waals surface area (Å²) >= 11 is 0. The lowest BCUT2D eigenvalue weighted by Gasteiger charge is -2.04. The van der Waals surface area contributed by atoms with Gasteiger partial charge in [-0.2, -0.15) is 0 Å². The average Bonchev–Trinajstić information content (AvgIpc) is 3.06. The van der Waals surface area contributed by atoms with Gasteiger partial charge in [-0.1, -0.05) is 12.1 Å². The molecule has 1 fully saturated rings. The molecule has 1 aliphatic rings. The fourth-order valence-electron chi connectivity index (χ4n) is 2.03. The molecule has 0 aromatic heterocycles. The number of benzene rings is 1. The third-order valence-corrected chi connectivity index (χ3v) is 3.06. The second-order valence-electron chi connectivity index (χ2n) is 4.32. The van der Waals surface area contributed by atoms with Crippen LogP contribution in [-0.2, 0) is 4.79 Å². The van der Waals surface area contributed by atoms with Crippen molar-refractivity contribution in [3.8, 4) is 5.75 Å². The lowest BCUT2D eigenvalue weighted by molar-refractivity contribution is -0.119. The Bertz CT molecular complexity index is 389. The molecule has 0 aliphatic heterocycles.